The van der Waals surface area contributed by atoms with Crippen LogP contribution in [0, 0.1) is 0 Å². The summed E-state index contributed by atoms with van der Waals surface area (Å²) >= 11 is 0. The van der Waals surface area contributed by atoms with Gasteiger partial charge in [-0.3, -0.25) is 4.79 Å². The quantitative estimate of drug-likeness (QED) is 0.432. The molecule has 22 heavy (non-hydrogen) atoms. The molecule has 0 aliphatic carbocycles. The summed E-state index contributed by atoms with van der Waals surface area (Å²) in [5, 5.41) is 5.05. The van der Waals surface area contributed by atoms with Crippen LogP contribution in [0.4, 0.5) is 0 Å². The van der Waals surface area contributed by atoms with Crippen molar-refractivity contribution in [1.29, 1.82) is 0 Å². The molecule has 0 radical (unpaired) electrons. The zero-order chi connectivity index (χ0) is 15.2. The van der Waals surface area contributed by atoms with Crippen LogP contribution in [-0.4, -0.2) is 17.1 Å². The number of rotatable bonds is 4. The molecule has 2 N–H and O–H groups in total. The van der Waals surface area contributed by atoms with E-state index in [2.05, 4.69) is 15.5 Å². The van der Waals surface area contributed by atoms with Gasteiger partial charge >= 0.3 is 0 Å². The smallest absolute Gasteiger partial charge is 0.264 e. The minimum atomic E-state index is -0.264. The third-order valence-electron chi connectivity index (χ3n) is 3.23. The predicted octanol–water partition coefficient (Wildman–Crippen LogP) is 3.33. The Bertz CT molecular complexity index is 832. The van der Waals surface area contributed by atoms with E-state index in [1.807, 2.05) is 60.8 Å². The first kappa shape index (κ1) is 13.8. The summed E-state index contributed by atoms with van der Waals surface area (Å²) in [4.78, 5) is 14.8. The standard InChI is InChI=1S/C18H15N3O/c22-18(11-10-14-6-2-1-3-7-14)21-20-13-15-12-19-17-9-5-4-8-16(15)17/h1-13,19H,(H,21,22)/b11-10+,20-13?. The number of aromatic nitrogens is 1. The van der Waals surface area contributed by atoms with Gasteiger partial charge in [-0.25, -0.2) is 5.43 Å². The van der Waals surface area contributed by atoms with Gasteiger partial charge in [0, 0.05) is 28.7 Å². The number of nitrogens with one attached hydrogen (secondary N) is 2. The van der Waals surface area contributed by atoms with Crippen molar-refractivity contribution in [3.63, 3.8) is 0 Å². The van der Waals surface area contributed by atoms with Crippen LogP contribution in [-0.2, 0) is 4.79 Å². The summed E-state index contributed by atoms with van der Waals surface area (Å²) < 4.78 is 0. The van der Waals surface area contributed by atoms with Crippen LogP contribution in [0.1, 0.15) is 11.1 Å². The number of nitrogens with zero attached hydrogens (tertiary/aromatic N) is 1. The first-order valence-corrected chi connectivity index (χ1v) is 6.95. The van der Waals surface area contributed by atoms with E-state index < -0.39 is 0 Å². The minimum Gasteiger partial charge on any atom is -0.361 e. The van der Waals surface area contributed by atoms with Crippen molar-refractivity contribution in [3.8, 4) is 0 Å². The van der Waals surface area contributed by atoms with Gasteiger partial charge in [0.25, 0.3) is 5.91 Å². The van der Waals surface area contributed by atoms with Gasteiger partial charge in [-0.05, 0) is 17.7 Å². The number of H-pyrrole nitrogens is 1. The number of hydrogen-bond donors (Lipinski definition) is 2. The molecular formula is C18H15N3O. The molecule has 0 fully saturated rings. The van der Waals surface area contributed by atoms with Crippen LogP contribution in [0.3, 0.4) is 0 Å². The van der Waals surface area contributed by atoms with E-state index >= 15 is 0 Å². The molecule has 0 aliphatic rings. The summed E-state index contributed by atoms with van der Waals surface area (Å²) in [6.07, 6.45) is 6.70. The van der Waals surface area contributed by atoms with Crippen molar-refractivity contribution in [2.75, 3.05) is 0 Å². The first-order valence-electron chi connectivity index (χ1n) is 6.95. The maximum Gasteiger partial charge on any atom is 0.264 e. The van der Waals surface area contributed by atoms with Crippen LogP contribution in [0.25, 0.3) is 17.0 Å². The van der Waals surface area contributed by atoms with Gasteiger partial charge in [-0.1, -0.05) is 48.5 Å². The Morgan fingerprint density at radius 2 is 1.82 bits per heavy atom. The average Bonchev–Trinajstić information content (AvgIpc) is 2.97. The van der Waals surface area contributed by atoms with Crippen LogP contribution >= 0.6 is 0 Å². The summed E-state index contributed by atoms with van der Waals surface area (Å²) in [5.74, 6) is -0.264. The molecular weight excluding hydrogens is 274 g/mol. The second kappa shape index (κ2) is 6.54. The van der Waals surface area contributed by atoms with Gasteiger partial charge in [-0.2, -0.15) is 5.10 Å². The van der Waals surface area contributed by atoms with E-state index in [0.29, 0.717) is 0 Å². The molecule has 0 spiro atoms. The van der Waals surface area contributed by atoms with Crippen molar-refractivity contribution in [2.45, 2.75) is 0 Å². The minimum absolute atomic E-state index is 0.264. The van der Waals surface area contributed by atoms with Crippen LogP contribution < -0.4 is 5.43 Å². The number of para-hydroxylation sites is 1. The van der Waals surface area contributed by atoms with E-state index in [0.717, 1.165) is 22.0 Å². The third-order valence-corrected chi connectivity index (χ3v) is 3.23. The van der Waals surface area contributed by atoms with Gasteiger partial charge < -0.3 is 4.98 Å². The molecule has 1 heterocycles. The summed E-state index contributed by atoms with van der Waals surface area (Å²) in [5.41, 5.74) is 5.43. The van der Waals surface area contributed by atoms with Gasteiger partial charge in [0.15, 0.2) is 0 Å². The number of hydrogen-bond acceptors (Lipinski definition) is 2. The summed E-state index contributed by atoms with van der Waals surface area (Å²) in [7, 11) is 0. The molecule has 0 saturated carbocycles. The second-order valence-electron chi connectivity index (χ2n) is 4.77. The van der Waals surface area contributed by atoms with E-state index in [9.17, 15) is 4.79 Å². The van der Waals surface area contributed by atoms with Crippen LogP contribution in [0.15, 0.2) is 72.0 Å². The van der Waals surface area contributed by atoms with E-state index in [4.69, 9.17) is 0 Å². The zero-order valence-corrected chi connectivity index (χ0v) is 11.9. The van der Waals surface area contributed by atoms with Gasteiger partial charge in [0.1, 0.15) is 0 Å². The molecule has 0 saturated heterocycles. The highest BCUT2D eigenvalue weighted by atomic mass is 16.2. The number of fused-ring (bicyclic) bond motifs is 1. The van der Waals surface area contributed by atoms with Crippen molar-refractivity contribution in [1.82, 2.24) is 10.4 Å². The third kappa shape index (κ3) is 3.30. The topological polar surface area (TPSA) is 57.2 Å². The molecule has 2 aromatic carbocycles. The Labute approximate surface area is 128 Å². The van der Waals surface area contributed by atoms with Crippen molar-refractivity contribution in [2.24, 2.45) is 5.10 Å². The largest absolute Gasteiger partial charge is 0.361 e. The Morgan fingerprint density at radius 1 is 1.05 bits per heavy atom. The monoisotopic (exact) mass is 289 g/mol. The fourth-order valence-corrected chi connectivity index (χ4v) is 2.14. The highest BCUT2D eigenvalue weighted by molar-refractivity contribution is 5.99. The maximum absolute atomic E-state index is 11.7. The lowest BCUT2D eigenvalue weighted by molar-refractivity contribution is -0.116. The molecule has 1 aromatic heterocycles. The zero-order valence-electron chi connectivity index (χ0n) is 11.9. The number of benzene rings is 2. The molecule has 0 atom stereocenters. The number of amides is 1. The van der Waals surface area contributed by atoms with Crippen molar-refractivity contribution >= 4 is 29.1 Å². The van der Waals surface area contributed by atoms with Gasteiger partial charge in [0.2, 0.25) is 0 Å². The Kier molecular flexibility index (Phi) is 4.11. The van der Waals surface area contributed by atoms with E-state index in [-0.39, 0.29) is 5.91 Å². The van der Waals surface area contributed by atoms with E-state index in [1.165, 1.54) is 6.08 Å². The van der Waals surface area contributed by atoms with Gasteiger partial charge in [0.05, 0.1) is 6.21 Å². The van der Waals surface area contributed by atoms with Crippen molar-refractivity contribution in [3.05, 3.63) is 78.0 Å². The Morgan fingerprint density at radius 3 is 2.68 bits per heavy atom. The SMILES string of the molecule is O=C(/C=C/c1ccccc1)NN=Cc1c[nH]c2ccccc12. The number of aromatic amines is 1. The molecule has 108 valence electrons. The summed E-state index contributed by atoms with van der Waals surface area (Å²) in [6, 6.07) is 17.6. The van der Waals surface area contributed by atoms with Crippen molar-refractivity contribution < 1.29 is 4.79 Å². The lowest BCUT2D eigenvalue weighted by atomic mass is 10.2. The highest BCUT2D eigenvalue weighted by Gasteiger charge is 1.99. The lowest BCUT2D eigenvalue weighted by Gasteiger charge is -1.94. The number of carbonyl (C=O) groups is 1. The molecule has 0 unspecified atom stereocenters. The van der Waals surface area contributed by atoms with Crippen LogP contribution in [0.5, 0.6) is 0 Å². The normalized spacial score (nSPS) is 11.5. The van der Waals surface area contributed by atoms with Crippen LogP contribution in [0.2, 0.25) is 0 Å². The fourth-order valence-electron chi connectivity index (χ4n) is 2.14. The summed E-state index contributed by atoms with van der Waals surface area (Å²) in [6.45, 7) is 0. The predicted molar refractivity (Wildman–Crippen MR) is 89.5 cm³/mol. The van der Waals surface area contributed by atoms with E-state index in [1.54, 1.807) is 12.3 Å². The average molecular weight is 289 g/mol. The molecule has 3 rings (SSSR count). The molecule has 0 aliphatic heterocycles. The number of hydrazone groups is 1. The first-order chi connectivity index (χ1) is 10.8. The molecule has 4 nitrogen and oxygen atoms in total. The Balaban J connectivity index is 1.62. The number of carbonyl (C=O) groups excluding carboxylic acids is 1. The van der Waals surface area contributed by atoms with Gasteiger partial charge in [-0.15, -0.1) is 0 Å². The molecule has 0 bridgehead atoms. The molecule has 3 aromatic rings. The molecule has 1 amide bonds. The lowest BCUT2D eigenvalue weighted by Crippen LogP contribution is -2.13. The fraction of sp³-hybridized carbons (Fsp3) is 0. The molecule has 4 heteroatoms. The second-order valence-corrected chi connectivity index (χ2v) is 4.77. The highest BCUT2D eigenvalue weighted by Crippen LogP contribution is 2.15. The maximum atomic E-state index is 11.7. The Hall–Kier alpha value is -3.14.